The number of para-hydroxylation sites is 1. The Morgan fingerprint density at radius 3 is 2.29 bits per heavy atom. The maximum Gasteiger partial charge on any atom is 0.262 e. The van der Waals surface area contributed by atoms with Gasteiger partial charge in [0.1, 0.15) is 11.6 Å². The number of nitrogens with zero attached hydrogens (tertiary/aromatic N) is 1. The van der Waals surface area contributed by atoms with Gasteiger partial charge in [-0.25, -0.2) is 4.39 Å². The first-order valence-corrected chi connectivity index (χ1v) is 9.74. The van der Waals surface area contributed by atoms with E-state index in [1.165, 1.54) is 24.3 Å². The van der Waals surface area contributed by atoms with Gasteiger partial charge in [0, 0.05) is 32.0 Å². The number of hydrogen-bond donors (Lipinski definition) is 2. The van der Waals surface area contributed by atoms with Crippen molar-refractivity contribution in [3.63, 3.8) is 0 Å². The Hall–Kier alpha value is -3.87. The highest BCUT2D eigenvalue weighted by atomic mass is 19.1. The molecule has 0 aliphatic rings. The molecule has 0 heterocycles. The third kappa shape index (κ3) is 6.30. The third-order valence-electron chi connectivity index (χ3n) is 4.52. The summed E-state index contributed by atoms with van der Waals surface area (Å²) in [6, 6.07) is 20.0. The number of nitrogens with one attached hydrogen (secondary N) is 2. The normalized spacial score (nSPS) is 10.3. The Kier molecular flexibility index (Phi) is 7.22. The van der Waals surface area contributed by atoms with E-state index in [-0.39, 0.29) is 18.3 Å². The Morgan fingerprint density at radius 2 is 1.61 bits per heavy atom. The number of benzene rings is 3. The SMILES string of the molecule is CN(C)c1ccc(CNC(=O)c2ccccc2OCC(=O)Nc2ccc(F)cc2)cc1. The molecule has 3 rings (SSSR count). The molecular weight excluding hydrogens is 397 g/mol. The summed E-state index contributed by atoms with van der Waals surface area (Å²) in [5.74, 6) is -0.797. The molecule has 2 N–H and O–H groups in total. The summed E-state index contributed by atoms with van der Waals surface area (Å²) in [7, 11) is 3.93. The Morgan fingerprint density at radius 1 is 0.935 bits per heavy atom. The largest absolute Gasteiger partial charge is 0.483 e. The minimum absolute atomic E-state index is 0.284. The van der Waals surface area contributed by atoms with E-state index < -0.39 is 5.91 Å². The number of anilines is 2. The number of halogens is 1. The Labute approximate surface area is 180 Å². The van der Waals surface area contributed by atoms with Gasteiger partial charge in [0.05, 0.1) is 5.56 Å². The van der Waals surface area contributed by atoms with E-state index in [1.54, 1.807) is 24.3 Å². The van der Waals surface area contributed by atoms with Crippen LogP contribution in [0.3, 0.4) is 0 Å². The molecule has 3 aromatic rings. The van der Waals surface area contributed by atoms with Gasteiger partial charge in [-0.3, -0.25) is 9.59 Å². The van der Waals surface area contributed by atoms with Crippen LogP contribution in [0, 0.1) is 5.82 Å². The second kappa shape index (κ2) is 10.2. The number of carbonyl (C=O) groups excluding carboxylic acids is 2. The minimum atomic E-state index is -0.414. The fraction of sp³-hybridized carbons (Fsp3) is 0.167. The van der Waals surface area contributed by atoms with Crippen molar-refractivity contribution in [2.45, 2.75) is 6.54 Å². The van der Waals surface area contributed by atoms with Crippen LogP contribution >= 0.6 is 0 Å². The van der Waals surface area contributed by atoms with Gasteiger partial charge in [0.15, 0.2) is 6.61 Å². The average molecular weight is 421 g/mol. The van der Waals surface area contributed by atoms with Gasteiger partial charge in [0.2, 0.25) is 0 Å². The quantitative estimate of drug-likeness (QED) is 0.580. The topological polar surface area (TPSA) is 70.7 Å². The van der Waals surface area contributed by atoms with E-state index in [2.05, 4.69) is 10.6 Å². The van der Waals surface area contributed by atoms with Crippen molar-refractivity contribution in [2.24, 2.45) is 0 Å². The molecule has 0 fully saturated rings. The van der Waals surface area contributed by atoms with E-state index in [0.29, 0.717) is 23.5 Å². The molecule has 6 nitrogen and oxygen atoms in total. The van der Waals surface area contributed by atoms with E-state index >= 15 is 0 Å². The molecule has 3 aromatic carbocycles. The fourth-order valence-corrected chi connectivity index (χ4v) is 2.84. The van der Waals surface area contributed by atoms with Gasteiger partial charge < -0.3 is 20.3 Å². The zero-order valence-corrected chi connectivity index (χ0v) is 17.4. The molecule has 0 bridgehead atoms. The van der Waals surface area contributed by atoms with Gasteiger partial charge in [-0.1, -0.05) is 24.3 Å². The van der Waals surface area contributed by atoms with Gasteiger partial charge in [-0.05, 0) is 54.1 Å². The lowest BCUT2D eigenvalue weighted by Crippen LogP contribution is -2.25. The first-order chi connectivity index (χ1) is 14.9. The molecule has 0 aliphatic carbocycles. The zero-order valence-electron chi connectivity index (χ0n) is 17.4. The van der Waals surface area contributed by atoms with Crippen LogP contribution < -0.4 is 20.3 Å². The Bertz CT molecular complexity index is 1030. The zero-order chi connectivity index (χ0) is 22.2. The molecule has 0 radical (unpaired) electrons. The van der Waals surface area contributed by atoms with Crippen LogP contribution in [0.15, 0.2) is 72.8 Å². The highest BCUT2D eigenvalue weighted by molar-refractivity contribution is 5.97. The highest BCUT2D eigenvalue weighted by Gasteiger charge is 2.13. The van der Waals surface area contributed by atoms with Crippen LogP contribution in [0.5, 0.6) is 5.75 Å². The summed E-state index contributed by atoms with van der Waals surface area (Å²) >= 11 is 0. The van der Waals surface area contributed by atoms with E-state index in [1.807, 2.05) is 43.3 Å². The molecule has 0 saturated heterocycles. The van der Waals surface area contributed by atoms with Crippen molar-refractivity contribution in [3.05, 3.63) is 89.7 Å². The third-order valence-corrected chi connectivity index (χ3v) is 4.52. The van der Waals surface area contributed by atoms with Crippen LogP contribution in [0.2, 0.25) is 0 Å². The number of ether oxygens (including phenoxy) is 1. The van der Waals surface area contributed by atoms with Crippen molar-refractivity contribution in [1.82, 2.24) is 5.32 Å². The molecule has 0 saturated carbocycles. The van der Waals surface area contributed by atoms with Crippen LogP contribution in [-0.2, 0) is 11.3 Å². The standard InChI is InChI=1S/C24H24FN3O3/c1-28(2)20-13-7-17(8-14-20)15-26-24(30)21-5-3-4-6-22(21)31-16-23(29)27-19-11-9-18(25)10-12-19/h3-14H,15-16H2,1-2H3,(H,26,30)(H,27,29). The second-order valence-corrected chi connectivity index (χ2v) is 7.08. The molecule has 0 unspecified atom stereocenters. The lowest BCUT2D eigenvalue weighted by molar-refractivity contribution is -0.118. The number of rotatable bonds is 8. The smallest absolute Gasteiger partial charge is 0.262 e. The number of hydrogen-bond acceptors (Lipinski definition) is 4. The van der Waals surface area contributed by atoms with Crippen LogP contribution in [-0.4, -0.2) is 32.5 Å². The van der Waals surface area contributed by atoms with Crippen molar-refractivity contribution in [3.8, 4) is 5.75 Å². The molecule has 31 heavy (non-hydrogen) atoms. The van der Waals surface area contributed by atoms with Gasteiger partial charge in [-0.15, -0.1) is 0 Å². The number of amides is 2. The predicted octanol–water partition coefficient (Wildman–Crippen LogP) is 3.84. The molecular formula is C24H24FN3O3. The van der Waals surface area contributed by atoms with Gasteiger partial charge in [0.25, 0.3) is 11.8 Å². The minimum Gasteiger partial charge on any atom is -0.483 e. The summed E-state index contributed by atoms with van der Waals surface area (Å²) in [6.07, 6.45) is 0. The van der Waals surface area contributed by atoms with Crippen LogP contribution in [0.1, 0.15) is 15.9 Å². The molecule has 160 valence electrons. The molecule has 0 atom stereocenters. The second-order valence-electron chi connectivity index (χ2n) is 7.08. The first kappa shape index (κ1) is 21.8. The Balaban J connectivity index is 1.56. The van der Waals surface area contributed by atoms with Crippen molar-refractivity contribution >= 4 is 23.2 Å². The number of carbonyl (C=O) groups is 2. The van der Waals surface area contributed by atoms with E-state index in [0.717, 1.165) is 11.3 Å². The van der Waals surface area contributed by atoms with Gasteiger partial charge >= 0.3 is 0 Å². The lowest BCUT2D eigenvalue weighted by Gasteiger charge is -2.14. The van der Waals surface area contributed by atoms with E-state index in [4.69, 9.17) is 4.74 Å². The monoisotopic (exact) mass is 421 g/mol. The fourth-order valence-electron chi connectivity index (χ4n) is 2.84. The predicted molar refractivity (Wildman–Crippen MR) is 119 cm³/mol. The van der Waals surface area contributed by atoms with Crippen molar-refractivity contribution in [1.29, 1.82) is 0 Å². The summed E-state index contributed by atoms with van der Waals surface area (Å²) in [5, 5.41) is 5.48. The van der Waals surface area contributed by atoms with Crippen LogP contribution in [0.25, 0.3) is 0 Å². The van der Waals surface area contributed by atoms with Crippen LogP contribution in [0.4, 0.5) is 15.8 Å². The molecule has 2 amide bonds. The molecule has 0 aromatic heterocycles. The maximum atomic E-state index is 13.0. The summed E-state index contributed by atoms with van der Waals surface area (Å²) in [6.45, 7) is 0.0829. The average Bonchev–Trinajstić information content (AvgIpc) is 2.78. The maximum absolute atomic E-state index is 13.0. The highest BCUT2D eigenvalue weighted by Crippen LogP contribution is 2.19. The van der Waals surface area contributed by atoms with Crippen molar-refractivity contribution < 1.29 is 18.7 Å². The van der Waals surface area contributed by atoms with Gasteiger partial charge in [-0.2, -0.15) is 0 Å². The molecule has 7 heteroatoms. The summed E-state index contributed by atoms with van der Waals surface area (Å²) in [4.78, 5) is 26.8. The van der Waals surface area contributed by atoms with E-state index in [9.17, 15) is 14.0 Å². The summed E-state index contributed by atoms with van der Waals surface area (Å²) < 4.78 is 18.5. The lowest BCUT2D eigenvalue weighted by atomic mass is 10.1. The summed E-state index contributed by atoms with van der Waals surface area (Å²) in [5.41, 5.74) is 2.84. The molecule has 0 spiro atoms. The molecule has 0 aliphatic heterocycles. The van der Waals surface area contributed by atoms with Crippen molar-refractivity contribution in [2.75, 3.05) is 30.9 Å². The first-order valence-electron chi connectivity index (χ1n) is 9.74.